The largest absolute Gasteiger partial charge is 0.486 e. The molecular formula is C20H29N5O2S. The molecule has 1 saturated carbocycles. The van der Waals surface area contributed by atoms with E-state index in [1.54, 1.807) is 0 Å². The number of ether oxygens (including phenoxy) is 1. The second-order valence-corrected chi connectivity index (χ2v) is 8.41. The highest BCUT2D eigenvalue weighted by Crippen LogP contribution is 2.21. The SMILES string of the molecule is CC(C)c1ccc(OCc2nnc(SCC(=O)NC3CCCCC3)n2N)cc1. The Morgan fingerprint density at radius 3 is 2.64 bits per heavy atom. The molecule has 0 saturated heterocycles. The monoisotopic (exact) mass is 403 g/mol. The minimum atomic E-state index is 0.0166. The Morgan fingerprint density at radius 2 is 1.96 bits per heavy atom. The van der Waals surface area contributed by atoms with Crippen molar-refractivity contribution in [3.8, 4) is 5.75 Å². The molecule has 3 N–H and O–H groups in total. The van der Waals surface area contributed by atoms with Gasteiger partial charge in [0, 0.05) is 6.04 Å². The number of thioether (sulfide) groups is 1. The molecule has 1 fully saturated rings. The van der Waals surface area contributed by atoms with E-state index >= 15 is 0 Å². The molecule has 8 heteroatoms. The van der Waals surface area contributed by atoms with Gasteiger partial charge in [-0.05, 0) is 36.5 Å². The lowest BCUT2D eigenvalue weighted by molar-refractivity contribution is -0.119. The summed E-state index contributed by atoms with van der Waals surface area (Å²) in [6.07, 6.45) is 5.80. The van der Waals surface area contributed by atoms with E-state index in [1.807, 2.05) is 12.1 Å². The van der Waals surface area contributed by atoms with Crippen LogP contribution in [0.25, 0.3) is 0 Å². The van der Waals surface area contributed by atoms with Crippen LogP contribution >= 0.6 is 11.8 Å². The van der Waals surface area contributed by atoms with Crippen LogP contribution in [0.2, 0.25) is 0 Å². The molecule has 7 nitrogen and oxygen atoms in total. The summed E-state index contributed by atoms with van der Waals surface area (Å²) >= 11 is 1.29. The quantitative estimate of drug-likeness (QED) is 0.519. The average molecular weight is 404 g/mol. The summed E-state index contributed by atoms with van der Waals surface area (Å²) < 4.78 is 7.15. The molecule has 2 aromatic rings. The molecule has 1 aromatic heterocycles. The van der Waals surface area contributed by atoms with Gasteiger partial charge in [0.25, 0.3) is 0 Å². The van der Waals surface area contributed by atoms with Crippen LogP contribution in [0.1, 0.15) is 63.3 Å². The van der Waals surface area contributed by atoms with Crippen LogP contribution in [0.4, 0.5) is 0 Å². The Bertz CT molecular complexity index is 769. The normalized spacial score (nSPS) is 15.0. The lowest BCUT2D eigenvalue weighted by Crippen LogP contribution is -2.37. The minimum absolute atomic E-state index is 0.0166. The van der Waals surface area contributed by atoms with Crippen molar-refractivity contribution in [2.24, 2.45) is 0 Å². The van der Waals surface area contributed by atoms with Crippen molar-refractivity contribution in [1.29, 1.82) is 0 Å². The Kier molecular flexibility index (Phi) is 7.19. The number of aromatic nitrogens is 3. The predicted octanol–water partition coefficient (Wildman–Crippen LogP) is 3.24. The summed E-state index contributed by atoms with van der Waals surface area (Å²) in [5.41, 5.74) is 1.26. The Hall–Kier alpha value is -2.22. The number of nitrogen functional groups attached to an aromatic ring is 1. The summed E-state index contributed by atoms with van der Waals surface area (Å²) in [5, 5.41) is 11.8. The van der Waals surface area contributed by atoms with Gasteiger partial charge >= 0.3 is 0 Å². The molecule has 3 rings (SSSR count). The van der Waals surface area contributed by atoms with Gasteiger partial charge in [-0.3, -0.25) is 4.79 Å². The number of hydrogen-bond acceptors (Lipinski definition) is 6. The zero-order valence-corrected chi connectivity index (χ0v) is 17.4. The van der Waals surface area contributed by atoms with E-state index in [2.05, 4.69) is 41.5 Å². The molecule has 152 valence electrons. The molecule has 0 radical (unpaired) electrons. The van der Waals surface area contributed by atoms with Gasteiger partial charge in [-0.25, -0.2) is 4.68 Å². The summed E-state index contributed by atoms with van der Waals surface area (Å²) in [6, 6.07) is 8.30. The second kappa shape index (κ2) is 9.82. The summed E-state index contributed by atoms with van der Waals surface area (Å²) in [6.45, 7) is 4.53. The number of amides is 1. The van der Waals surface area contributed by atoms with Gasteiger partial charge in [-0.15, -0.1) is 10.2 Å². The van der Waals surface area contributed by atoms with E-state index < -0.39 is 0 Å². The lowest BCUT2D eigenvalue weighted by Gasteiger charge is -2.22. The molecule has 1 amide bonds. The average Bonchev–Trinajstić information content (AvgIpc) is 3.05. The van der Waals surface area contributed by atoms with Crippen LogP contribution in [0.5, 0.6) is 5.75 Å². The molecule has 1 aliphatic carbocycles. The molecule has 0 atom stereocenters. The van der Waals surface area contributed by atoms with Crippen LogP contribution in [0, 0.1) is 0 Å². The third kappa shape index (κ3) is 5.64. The van der Waals surface area contributed by atoms with Gasteiger partial charge in [-0.1, -0.05) is 57.0 Å². The van der Waals surface area contributed by atoms with Crippen LogP contribution < -0.4 is 15.9 Å². The molecule has 0 bridgehead atoms. The first kappa shape index (κ1) is 20.5. The minimum Gasteiger partial charge on any atom is -0.486 e. The van der Waals surface area contributed by atoms with Crippen molar-refractivity contribution in [3.05, 3.63) is 35.7 Å². The van der Waals surface area contributed by atoms with Gasteiger partial charge in [0.1, 0.15) is 12.4 Å². The van der Waals surface area contributed by atoms with E-state index in [-0.39, 0.29) is 18.3 Å². The molecule has 0 aliphatic heterocycles. The van der Waals surface area contributed by atoms with E-state index in [0.717, 1.165) is 18.6 Å². The zero-order chi connectivity index (χ0) is 19.9. The Labute approximate surface area is 170 Å². The van der Waals surface area contributed by atoms with Gasteiger partial charge in [0.15, 0.2) is 5.82 Å². The van der Waals surface area contributed by atoms with Crippen LogP contribution in [-0.2, 0) is 11.4 Å². The predicted molar refractivity (Wildman–Crippen MR) is 111 cm³/mol. The van der Waals surface area contributed by atoms with Crippen LogP contribution in [0.15, 0.2) is 29.4 Å². The Morgan fingerprint density at radius 1 is 1.25 bits per heavy atom. The molecular weight excluding hydrogens is 374 g/mol. The summed E-state index contributed by atoms with van der Waals surface area (Å²) in [4.78, 5) is 12.1. The van der Waals surface area contributed by atoms with Crippen LogP contribution in [0.3, 0.4) is 0 Å². The number of carbonyl (C=O) groups is 1. The maximum absolute atomic E-state index is 12.1. The molecule has 1 aliphatic rings. The molecule has 1 heterocycles. The summed E-state index contributed by atoms with van der Waals surface area (Å²) in [5.74, 6) is 8.12. The first-order valence-corrected chi connectivity index (χ1v) is 10.9. The number of hydrogen-bond donors (Lipinski definition) is 2. The highest BCUT2D eigenvalue weighted by atomic mass is 32.2. The van der Waals surface area contributed by atoms with E-state index in [1.165, 1.54) is 41.3 Å². The van der Waals surface area contributed by atoms with Gasteiger partial charge in [-0.2, -0.15) is 0 Å². The standard InChI is InChI=1S/C20H29N5O2S/c1-14(2)15-8-10-17(11-9-15)27-12-18-23-24-20(25(18)21)28-13-19(26)22-16-6-4-3-5-7-16/h8-11,14,16H,3-7,12-13,21H2,1-2H3,(H,22,26). The second-order valence-electron chi connectivity index (χ2n) is 7.47. The summed E-state index contributed by atoms with van der Waals surface area (Å²) in [7, 11) is 0. The first-order chi connectivity index (χ1) is 13.5. The number of nitrogens with zero attached hydrogens (tertiary/aromatic N) is 3. The number of nitrogens with one attached hydrogen (secondary N) is 1. The third-order valence-corrected chi connectivity index (χ3v) is 5.90. The number of nitrogens with two attached hydrogens (primary N) is 1. The fraction of sp³-hybridized carbons (Fsp3) is 0.550. The van der Waals surface area contributed by atoms with E-state index in [9.17, 15) is 4.79 Å². The fourth-order valence-electron chi connectivity index (χ4n) is 3.25. The van der Waals surface area contributed by atoms with E-state index in [4.69, 9.17) is 10.6 Å². The molecule has 28 heavy (non-hydrogen) atoms. The van der Waals surface area contributed by atoms with Crippen LogP contribution in [-0.4, -0.2) is 32.6 Å². The number of rotatable bonds is 8. The van der Waals surface area contributed by atoms with Gasteiger partial charge < -0.3 is 15.9 Å². The zero-order valence-electron chi connectivity index (χ0n) is 16.6. The molecule has 1 aromatic carbocycles. The topological polar surface area (TPSA) is 95.1 Å². The Balaban J connectivity index is 1.47. The third-order valence-electron chi connectivity index (χ3n) is 4.95. The highest BCUT2D eigenvalue weighted by molar-refractivity contribution is 7.99. The van der Waals surface area contributed by atoms with Crippen molar-refractivity contribution in [1.82, 2.24) is 20.2 Å². The van der Waals surface area contributed by atoms with Crippen molar-refractivity contribution in [2.75, 3.05) is 11.6 Å². The smallest absolute Gasteiger partial charge is 0.230 e. The molecule has 0 unspecified atom stereocenters. The highest BCUT2D eigenvalue weighted by Gasteiger charge is 2.17. The number of carbonyl (C=O) groups excluding carboxylic acids is 1. The maximum atomic E-state index is 12.1. The first-order valence-electron chi connectivity index (χ1n) is 9.87. The van der Waals surface area contributed by atoms with E-state index in [0.29, 0.717) is 22.9 Å². The number of benzene rings is 1. The van der Waals surface area contributed by atoms with Crippen molar-refractivity contribution >= 4 is 17.7 Å². The van der Waals surface area contributed by atoms with Gasteiger partial charge in [0.2, 0.25) is 11.1 Å². The van der Waals surface area contributed by atoms with Crippen molar-refractivity contribution in [2.45, 2.75) is 69.7 Å². The maximum Gasteiger partial charge on any atom is 0.230 e. The molecule has 0 spiro atoms. The van der Waals surface area contributed by atoms with Crippen molar-refractivity contribution in [3.63, 3.8) is 0 Å². The van der Waals surface area contributed by atoms with Crippen molar-refractivity contribution < 1.29 is 9.53 Å². The fourth-order valence-corrected chi connectivity index (χ4v) is 3.93. The lowest BCUT2D eigenvalue weighted by atomic mass is 9.95. The van der Waals surface area contributed by atoms with Gasteiger partial charge in [0.05, 0.1) is 5.75 Å².